The Morgan fingerprint density at radius 3 is 1.96 bits per heavy atom. The largest absolute Gasteiger partial charge is 0.465 e. The maximum Gasteiger partial charge on any atom is 0.330 e. The average Bonchev–Trinajstić information content (AvgIpc) is 2.50. The zero-order valence-corrected chi connectivity index (χ0v) is 18.7. The first-order valence-electron chi connectivity index (χ1n) is 8.92. The van der Waals surface area contributed by atoms with Gasteiger partial charge < -0.3 is 13.9 Å². The van der Waals surface area contributed by atoms with Gasteiger partial charge >= 0.3 is 11.9 Å². The van der Waals surface area contributed by atoms with Crippen LogP contribution in [0.15, 0.2) is 25.3 Å². The minimum Gasteiger partial charge on any atom is -0.465 e. The third-order valence-corrected chi connectivity index (χ3v) is 9.15. The van der Waals surface area contributed by atoms with Gasteiger partial charge in [0.25, 0.3) is 0 Å². The van der Waals surface area contributed by atoms with Gasteiger partial charge in [0.2, 0.25) is 0 Å². The van der Waals surface area contributed by atoms with Crippen molar-refractivity contribution in [1.82, 2.24) is 0 Å². The van der Waals surface area contributed by atoms with Crippen molar-refractivity contribution in [2.75, 3.05) is 13.2 Å². The SMILES string of the molecule is C=CC(=O)O[C@@H](CO[Si](C)(C)C(C)(C)C)[C@@H](C=C)COC(=O)C(C)(C)C. The first-order chi connectivity index (χ1) is 11.7. The van der Waals surface area contributed by atoms with E-state index in [1.807, 2.05) is 0 Å². The van der Waals surface area contributed by atoms with Crippen LogP contribution in [-0.2, 0) is 23.5 Å². The molecule has 0 fully saturated rings. The molecule has 0 spiro atoms. The molecule has 0 aliphatic carbocycles. The molecule has 2 atom stereocenters. The zero-order valence-electron chi connectivity index (χ0n) is 17.7. The second kappa shape index (κ2) is 9.51. The van der Waals surface area contributed by atoms with Crippen LogP contribution in [-0.4, -0.2) is 39.6 Å². The molecular weight excluding hydrogens is 348 g/mol. The van der Waals surface area contributed by atoms with Gasteiger partial charge in [-0.05, 0) is 38.9 Å². The van der Waals surface area contributed by atoms with E-state index in [0.717, 1.165) is 6.08 Å². The van der Waals surface area contributed by atoms with Crippen LogP contribution in [0.4, 0.5) is 0 Å². The highest BCUT2D eigenvalue weighted by Crippen LogP contribution is 2.37. The summed E-state index contributed by atoms with van der Waals surface area (Å²) in [6.45, 7) is 23.6. The number of ether oxygens (including phenoxy) is 2. The summed E-state index contributed by atoms with van der Waals surface area (Å²) in [5.41, 5.74) is -0.601. The number of rotatable bonds is 9. The fourth-order valence-corrected chi connectivity index (χ4v) is 2.68. The molecule has 0 radical (unpaired) electrons. The number of hydrogen-bond acceptors (Lipinski definition) is 5. The van der Waals surface area contributed by atoms with Crippen LogP contribution in [0.25, 0.3) is 0 Å². The Bertz CT molecular complexity index is 511. The lowest BCUT2D eigenvalue weighted by Crippen LogP contribution is -2.45. The summed E-state index contributed by atoms with van der Waals surface area (Å²) in [6, 6.07) is 0. The minimum absolute atomic E-state index is 0.0301. The Balaban J connectivity index is 5.19. The van der Waals surface area contributed by atoms with Gasteiger partial charge in [-0.25, -0.2) is 4.79 Å². The molecule has 0 heterocycles. The van der Waals surface area contributed by atoms with Gasteiger partial charge in [-0.1, -0.05) is 33.4 Å². The molecule has 0 unspecified atom stereocenters. The van der Waals surface area contributed by atoms with Gasteiger partial charge in [-0.2, -0.15) is 0 Å². The Labute approximate surface area is 159 Å². The lowest BCUT2D eigenvalue weighted by molar-refractivity contribution is -0.157. The summed E-state index contributed by atoms with van der Waals surface area (Å²) < 4.78 is 17.0. The second-order valence-corrected chi connectivity index (χ2v) is 13.8. The topological polar surface area (TPSA) is 61.8 Å². The lowest BCUT2D eigenvalue weighted by atomic mass is 9.97. The third kappa shape index (κ3) is 7.87. The summed E-state index contributed by atoms with van der Waals surface area (Å²) >= 11 is 0. The summed E-state index contributed by atoms with van der Waals surface area (Å²) in [5, 5.41) is 0.0301. The molecule has 0 aromatic rings. The van der Waals surface area contributed by atoms with E-state index in [-0.39, 0.29) is 30.1 Å². The van der Waals surface area contributed by atoms with Gasteiger partial charge in [-0.15, -0.1) is 6.58 Å². The van der Waals surface area contributed by atoms with E-state index in [1.165, 1.54) is 0 Å². The Kier molecular flexibility index (Phi) is 9.00. The van der Waals surface area contributed by atoms with E-state index >= 15 is 0 Å². The molecule has 0 saturated carbocycles. The second-order valence-electron chi connectivity index (χ2n) is 9.00. The molecule has 0 aromatic carbocycles. The highest BCUT2D eigenvalue weighted by molar-refractivity contribution is 6.74. The molecule has 0 aromatic heterocycles. The molecule has 0 rings (SSSR count). The number of carbonyl (C=O) groups is 2. The van der Waals surface area contributed by atoms with Crippen LogP contribution in [0.1, 0.15) is 41.5 Å². The summed E-state index contributed by atoms with van der Waals surface area (Å²) in [6.07, 6.45) is 2.15. The van der Waals surface area contributed by atoms with Crippen molar-refractivity contribution in [3.63, 3.8) is 0 Å². The van der Waals surface area contributed by atoms with Crippen LogP contribution >= 0.6 is 0 Å². The number of carbonyl (C=O) groups excluding carboxylic acids is 2. The van der Waals surface area contributed by atoms with E-state index < -0.39 is 25.8 Å². The number of hydrogen-bond donors (Lipinski definition) is 0. The summed E-state index contributed by atoms with van der Waals surface area (Å²) in [5.74, 6) is -1.22. The van der Waals surface area contributed by atoms with Crippen molar-refractivity contribution in [2.45, 2.75) is 65.8 Å². The maximum absolute atomic E-state index is 12.0. The molecular formula is C20H36O5Si. The van der Waals surface area contributed by atoms with Crippen LogP contribution in [0, 0.1) is 11.3 Å². The first-order valence-corrected chi connectivity index (χ1v) is 11.8. The molecule has 6 heteroatoms. The Hall–Kier alpha value is -1.40. The maximum atomic E-state index is 12.0. The van der Waals surface area contributed by atoms with E-state index in [4.69, 9.17) is 13.9 Å². The van der Waals surface area contributed by atoms with Gasteiger partial charge in [0.15, 0.2) is 8.32 Å². The third-order valence-electron chi connectivity index (χ3n) is 4.65. The van der Waals surface area contributed by atoms with Crippen LogP contribution in [0.2, 0.25) is 18.1 Å². The van der Waals surface area contributed by atoms with E-state index in [0.29, 0.717) is 0 Å². The average molecular weight is 385 g/mol. The molecule has 150 valence electrons. The normalized spacial score (nSPS) is 14.9. The molecule has 26 heavy (non-hydrogen) atoms. The molecule has 5 nitrogen and oxygen atoms in total. The number of esters is 2. The van der Waals surface area contributed by atoms with Crippen molar-refractivity contribution < 1.29 is 23.5 Å². The van der Waals surface area contributed by atoms with Crippen LogP contribution in [0.5, 0.6) is 0 Å². The van der Waals surface area contributed by atoms with Gasteiger partial charge in [0, 0.05) is 6.08 Å². The monoisotopic (exact) mass is 384 g/mol. The fraction of sp³-hybridized carbons (Fsp3) is 0.700. The Morgan fingerprint density at radius 1 is 1.04 bits per heavy atom. The molecule has 0 N–H and O–H groups in total. The Morgan fingerprint density at radius 2 is 1.58 bits per heavy atom. The summed E-state index contributed by atoms with van der Waals surface area (Å²) in [4.78, 5) is 23.8. The van der Waals surface area contributed by atoms with Gasteiger partial charge in [0.05, 0.1) is 17.9 Å². The van der Waals surface area contributed by atoms with Crippen molar-refractivity contribution in [3.8, 4) is 0 Å². The van der Waals surface area contributed by atoms with E-state index in [2.05, 4.69) is 47.0 Å². The van der Waals surface area contributed by atoms with Crippen molar-refractivity contribution in [2.24, 2.45) is 11.3 Å². The van der Waals surface area contributed by atoms with Gasteiger partial charge in [0.1, 0.15) is 12.7 Å². The quantitative estimate of drug-likeness (QED) is 0.253. The van der Waals surface area contributed by atoms with Crippen LogP contribution in [0.3, 0.4) is 0 Å². The smallest absolute Gasteiger partial charge is 0.330 e. The van der Waals surface area contributed by atoms with Gasteiger partial charge in [-0.3, -0.25) is 4.79 Å². The standard InChI is InChI=1S/C20H36O5Si/c1-11-15(13-23-18(22)19(3,4)5)16(25-17(21)12-2)14-24-26(9,10)20(6,7)8/h11-12,15-16H,1-2,13-14H2,3-10H3/t15-,16-/m0/s1. The molecule has 0 bridgehead atoms. The molecule has 0 aliphatic rings. The van der Waals surface area contributed by atoms with Crippen molar-refractivity contribution in [1.29, 1.82) is 0 Å². The molecule has 0 saturated heterocycles. The summed E-state index contributed by atoms with van der Waals surface area (Å²) in [7, 11) is -2.02. The van der Waals surface area contributed by atoms with Crippen molar-refractivity contribution >= 4 is 20.3 Å². The van der Waals surface area contributed by atoms with E-state index in [9.17, 15) is 9.59 Å². The zero-order chi connectivity index (χ0) is 20.8. The predicted molar refractivity (Wildman–Crippen MR) is 107 cm³/mol. The predicted octanol–water partition coefficient (Wildman–Crippen LogP) is 4.50. The first kappa shape index (κ1) is 24.6. The van der Waals surface area contributed by atoms with Crippen LogP contribution < -0.4 is 0 Å². The van der Waals surface area contributed by atoms with E-state index in [1.54, 1.807) is 26.8 Å². The molecule has 0 aliphatic heterocycles. The highest BCUT2D eigenvalue weighted by atomic mass is 28.4. The highest BCUT2D eigenvalue weighted by Gasteiger charge is 2.39. The lowest BCUT2D eigenvalue weighted by Gasteiger charge is -2.37. The minimum atomic E-state index is -2.02. The molecule has 0 amide bonds. The van der Waals surface area contributed by atoms with Crippen molar-refractivity contribution in [3.05, 3.63) is 25.3 Å². The fourth-order valence-electron chi connectivity index (χ4n) is 1.66.